The van der Waals surface area contributed by atoms with E-state index >= 15 is 0 Å². The van der Waals surface area contributed by atoms with E-state index in [1.54, 1.807) is 0 Å². The molecular formula is C30H54. The molecule has 0 radical (unpaired) electrons. The fraction of sp³-hybridized carbons (Fsp3) is 0.800. The van der Waals surface area contributed by atoms with Crippen LogP contribution in [0.2, 0.25) is 0 Å². The Bertz CT molecular complexity index is 421. The minimum absolute atomic E-state index is 1.26. The number of aryl methyl sites for hydroxylation is 1. The van der Waals surface area contributed by atoms with E-state index in [2.05, 4.69) is 37.3 Å². The maximum absolute atomic E-state index is 2.30. The smallest absolute Gasteiger partial charge is 0.0279 e. The summed E-state index contributed by atoms with van der Waals surface area (Å²) in [5.74, 6) is 0. The Labute approximate surface area is 190 Å². The van der Waals surface area contributed by atoms with Crippen molar-refractivity contribution in [2.75, 3.05) is 0 Å². The van der Waals surface area contributed by atoms with Crippen molar-refractivity contribution in [3.05, 3.63) is 35.9 Å². The number of unbranched alkanes of at least 4 members (excludes halogenated alkanes) is 21. The van der Waals surface area contributed by atoms with E-state index < -0.39 is 0 Å². The standard InChI is InChI=1S/C30H54/c1-2-3-4-5-6-7-8-9-10-11-12-13-14-15-16-17-18-19-20-21-22-24-27-30-28-25-23-26-29-30/h23,25-26,28-29H,2-22,24,27H2,1H3. The minimum Gasteiger partial charge on any atom is -0.0654 e. The zero-order valence-electron chi connectivity index (χ0n) is 20.7. The van der Waals surface area contributed by atoms with Crippen LogP contribution in [-0.2, 0) is 6.42 Å². The molecule has 0 N–H and O–H groups in total. The van der Waals surface area contributed by atoms with E-state index in [1.807, 2.05) is 0 Å². The molecule has 1 aromatic carbocycles. The third-order valence-electron chi connectivity index (χ3n) is 6.66. The second kappa shape index (κ2) is 22.9. The maximum atomic E-state index is 2.30. The first-order valence-corrected chi connectivity index (χ1v) is 14.0. The van der Waals surface area contributed by atoms with Crippen molar-refractivity contribution in [1.29, 1.82) is 0 Å². The van der Waals surface area contributed by atoms with Gasteiger partial charge in [-0.05, 0) is 18.4 Å². The highest BCUT2D eigenvalue weighted by Gasteiger charge is 1.96. The Morgan fingerprint density at radius 1 is 0.367 bits per heavy atom. The first kappa shape index (κ1) is 27.3. The van der Waals surface area contributed by atoms with E-state index in [-0.39, 0.29) is 0 Å². The van der Waals surface area contributed by atoms with Crippen molar-refractivity contribution < 1.29 is 0 Å². The van der Waals surface area contributed by atoms with Crippen molar-refractivity contribution in [1.82, 2.24) is 0 Å². The highest BCUT2D eigenvalue weighted by Crippen LogP contribution is 2.15. The molecule has 1 aromatic rings. The number of hydrogen-bond donors (Lipinski definition) is 0. The second-order valence-corrected chi connectivity index (χ2v) is 9.66. The largest absolute Gasteiger partial charge is 0.0654 e. The SMILES string of the molecule is CCCCCCCCCCCCCCCCCCCCCCCCc1ccccc1. The summed E-state index contributed by atoms with van der Waals surface area (Å²) in [5.41, 5.74) is 1.51. The van der Waals surface area contributed by atoms with Gasteiger partial charge in [0, 0.05) is 0 Å². The summed E-state index contributed by atoms with van der Waals surface area (Å²) in [6.07, 6.45) is 33.4. The predicted molar refractivity (Wildman–Crippen MR) is 137 cm³/mol. The van der Waals surface area contributed by atoms with E-state index in [0.29, 0.717) is 0 Å². The van der Waals surface area contributed by atoms with Gasteiger partial charge in [-0.15, -0.1) is 0 Å². The lowest BCUT2D eigenvalue weighted by Gasteiger charge is -2.04. The number of hydrogen-bond acceptors (Lipinski definition) is 0. The van der Waals surface area contributed by atoms with Gasteiger partial charge in [0.1, 0.15) is 0 Å². The third kappa shape index (κ3) is 19.2. The predicted octanol–water partition coefficient (Wildman–Crippen LogP) is 10.8. The normalized spacial score (nSPS) is 11.2. The van der Waals surface area contributed by atoms with Crippen molar-refractivity contribution in [2.45, 2.75) is 155 Å². The van der Waals surface area contributed by atoms with Crippen LogP contribution in [0.25, 0.3) is 0 Å². The molecule has 0 spiro atoms. The van der Waals surface area contributed by atoms with E-state index in [0.717, 1.165) is 0 Å². The fourth-order valence-corrected chi connectivity index (χ4v) is 4.58. The molecule has 0 heteroatoms. The van der Waals surface area contributed by atoms with Gasteiger partial charge in [-0.2, -0.15) is 0 Å². The first-order chi connectivity index (χ1) is 14.9. The van der Waals surface area contributed by atoms with Gasteiger partial charge in [-0.3, -0.25) is 0 Å². The Kier molecular flexibility index (Phi) is 20.8. The van der Waals surface area contributed by atoms with Crippen molar-refractivity contribution in [3.8, 4) is 0 Å². The summed E-state index contributed by atoms with van der Waals surface area (Å²) >= 11 is 0. The molecule has 0 aliphatic heterocycles. The zero-order chi connectivity index (χ0) is 21.4. The van der Waals surface area contributed by atoms with Gasteiger partial charge in [0.15, 0.2) is 0 Å². The Balaban J connectivity index is 1.65. The van der Waals surface area contributed by atoms with Gasteiger partial charge in [-0.1, -0.05) is 172 Å². The molecule has 0 atom stereocenters. The summed E-state index contributed by atoms with van der Waals surface area (Å²) < 4.78 is 0. The maximum Gasteiger partial charge on any atom is -0.0279 e. The van der Waals surface area contributed by atoms with Crippen LogP contribution < -0.4 is 0 Å². The lowest BCUT2D eigenvalue weighted by molar-refractivity contribution is 0.519. The molecule has 0 heterocycles. The molecule has 0 aromatic heterocycles. The molecule has 0 amide bonds. The van der Waals surface area contributed by atoms with Crippen LogP contribution in [0.15, 0.2) is 30.3 Å². The van der Waals surface area contributed by atoms with Crippen molar-refractivity contribution in [2.24, 2.45) is 0 Å². The van der Waals surface area contributed by atoms with Gasteiger partial charge in [0.25, 0.3) is 0 Å². The second-order valence-electron chi connectivity index (χ2n) is 9.66. The summed E-state index contributed by atoms with van der Waals surface area (Å²) in [7, 11) is 0. The quantitative estimate of drug-likeness (QED) is 0.156. The molecule has 0 aliphatic rings. The Hall–Kier alpha value is -0.780. The number of rotatable bonds is 23. The van der Waals surface area contributed by atoms with Crippen LogP contribution in [0.5, 0.6) is 0 Å². The lowest BCUT2D eigenvalue weighted by Crippen LogP contribution is -1.86. The van der Waals surface area contributed by atoms with Gasteiger partial charge >= 0.3 is 0 Å². The molecule has 0 nitrogen and oxygen atoms in total. The molecule has 1 rings (SSSR count). The molecule has 0 saturated heterocycles. The van der Waals surface area contributed by atoms with Crippen molar-refractivity contribution in [3.63, 3.8) is 0 Å². The summed E-state index contributed by atoms with van der Waals surface area (Å²) in [5, 5.41) is 0. The minimum atomic E-state index is 1.26. The summed E-state index contributed by atoms with van der Waals surface area (Å²) in [6, 6.07) is 11.0. The highest BCUT2D eigenvalue weighted by atomic mass is 14.0. The van der Waals surface area contributed by atoms with Crippen LogP contribution in [0, 0.1) is 0 Å². The van der Waals surface area contributed by atoms with Gasteiger partial charge in [0.05, 0.1) is 0 Å². The van der Waals surface area contributed by atoms with Gasteiger partial charge < -0.3 is 0 Å². The molecule has 0 saturated carbocycles. The molecule has 0 fully saturated rings. The molecule has 30 heavy (non-hydrogen) atoms. The Morgan fingerprint density at radius 2 is 0.667 bits per heavy atom. The van der Waals surface area contributed by atoms with Crippen LogP contribution in [0.4, 0.5) is 0 Å². The molecule has 0 aliphatic carbocycles. The van der Waals surface area contributed by atoms with Crippen LogP contribution in [0.3, 0.4) is 0 Å². The third-order valence-corrected chi connectivity index (χ3v) is 6.66. The van der Waals surface area contributed by atoms with E-state index in [4.69, 9.17) is 0 Å². The molecule has 174 valence electrons. The molecule has 0 bridgehead atoms. The molecule has 0 unspecified atom stereocenters. The monoisotopic (exact) mass is 414 g/mol. The highest BCUT2D eigenvalue weighted by molar-refractivity contribution is 5.14. The number of benzene rings is 1. The fourth-order valence-electron chi connectivity index (χ4n) is 4.58. The average molecular weight is 415 g/mol. The van der Waals surface area contributed by atoms with Gasteiger partial charge in [0.2, 0.25) is 0 Å². The Morgan fingerprint density at radius 3 is 1.00 bits per heavy atom. The summed E-state index contributed by atoms with van der Waals surface area (Å²) in [4.78, 5) is 0. The average Bonchev–Trinajstić information content (AvgIpc) is 2.78. The molecular weight excluding hydrogens is 360 g/mol. The van der Waals surface area contributed by atoms with Gasteiger partial charge in [-0.25, -0.2) is 0 Å². The topological polar surface area (TPSA) is 0 Å². The van der Waals surface area contributed by atoms with Crippen LogP contribution >= 0.6 is 0 Å². The first-order valence-electron chi connectivity index (χ1n) is 14.0. The van der Waals surface area contributed by atoms with Crippen LogP contribution in [0.1, 0.15) is 154 Å². The zero-order valence-corrected chi connectivity index (χ0v) is 20.7. The van der Waals surface area contributed by atoms with Crippen molar-refractivity contribution >= 4 is 0 Å². The summed E-state index contributed by atoms with van der Waals surface area (Å²) in [6.45, 7) is 2.30. The van der Waals surface area contributed by atoms with E-state index in [9.17, 15) is 0 Å². The van der Waals surface area contributed by atoms with E-state index in [1.165, 1.54) is 153 Å². The lowest BCUT2D eigenvalue weighted by atomic mass is 10.0. The van der Waals surface area contributed by atoms with Crippen LogP contribution in [-0.4, -0.2) is 0 Å².